The summed E-state index contributed by atoms with van der Waals surface area (Å²) in [6.45, 7) is 8.18. The van der Waals surface area contributed by atoms with Gasteiger partial charge in [0.15, 0.2) is 0 Å². The van der Waals surface area contributed by atoms with Gasteiger partial charge in [0.2, 0.25) is 0 Å². The maximum absolute atomic E-state index is 9.02. The lowest BCUT2D eigenvalue weighted by molar-refractivity contribution is 0.337. The molecule has 0 aromatic rings. The van der Waals surface area contributed by atoms with E-state index >= 15 is 0 Å². The quantitative estimate of drug-likeness (QED) is 0.440. The Balaban J connectivity index is 0. The molecular formula is C10H24N2O. The van der Waals surface area contributed by atoms with Crippen molar-refractivity contribution in [1.82, 2.24) is 5.32 Å². The van der Waals surface area contributed by atoms with E-state index in [0.717, 1.165) is 19.3 Å². The van der Waals surface area contributed by atoms with E-state index in [1.54, 1.807) is 0 Å². The maximum atomic E-state index is 9.02. The van der Waals surface area contributed by atoms with Gasteiger partial charge in [0.25, 0.3) is 0 Å². The van der Waals surface area contributed by atoms with Crippen LogP contribution in [-0.2, 0) is 0 Å². The van der Waals surface area contributed by atoms with Gasteiger partial charge < -0.3 is 16.2 Å². The minimum Gasteiger partial charge on any atom is -0.511 e. The van der Waals surface area contributed by atoms with Crippen molar-refractivity contribution in [1.29, 1.82) is 0 Å². The van der Waals surface area contributed by atoms with Crippen molar-refractivity contribution >= 4 is 0 Å². The molecule has 1 atom stereocenters. The Labute approximate surface area is 82.0 Å². The average molecular weight is 188 g/mol. The summed E-state index contributed by atoms with van der Waals surface area (Å²) < 4.78 is 0. The van der Waals surface area contributed by atoms with Gasteiger partial charge in [-0.15, -0.1) is 0 Å². The molecule has 0 spiro atoms. The lowest BCUT2D eigenvalue weighted by Gasteiger charge is -2.13. The molecule has 0 aliphatic heterocycles. The molecule has 0 aliphatic carbocycles. The normalized spacial score (nSPS) is 11.4. The molecule has 0 bridgehead atoms. The highest BCUT2D eigenvalue weighted by atomic mass is 16.3. The molecular weight excluding hydrogens is 164 g/mol. The molecule has 1 unspecified atom stereocenters. The summed E-state index contributed by atoms with van der Waals surface area (Å²) in [6, 6.07) is 0.0292. The van der Waals surface area contributed by atoms with E-state index in [1.807, 2.05) is 20.9 Å². The largest absolute Gasteiger partial charge is 0.511 e. The first-order chi connectivity index (χ1) is 6.22. The zero-order valence-electron chi connectivity index (χ0n) is 9.14. The molecule has 3 nitrogen and oxygen atoms in total. The van der Waals surface area contributed by atoms with Gasteiger partial charge in [-0.3, -0.25) is 0 Å². The number of nitrogens with one attached hydrogen (secondary N) is 1. The van der Waals surface area contributed by atoms with Crippen LogP contribution >= 0.6 is 0 Å². The molecule has 0 saturated heterocycles. The van der Waals surface area contributed by atoms with Gasteiger partial charge in [0.1, 0.15) is 5.76 Å². The molecule has 0 aromatic heterocycles. The summed E-state index contributed by atoms with van der Waals surface area (Å²) in [7, 11) is 1.81. The number of aliphatic hydroxyl groups is 1. The van der Waals surface area contributed by atoms with Crippen molar-refractivity contribution in [2.24, 2.45) is 5.73 Å². The monoisotopic (exact) mass is 188 g/mol. The molecule has 80 valence electrons. The fraction of sp³-hybridized carbons (Fsp3) is 0.800. The highest BCUT2D eigenvalue weighted by molar-refractivity contribution is 4.93. The molecule has 13 heavy (non-hydrogen) atoms. The summed E-state index contributed by atoms with van der Waals surface area (Å²) >= 11 is 0. The average Bonchev–Trinajstić information content (AvgIpc) is 2.15. The summed E-state index contributed by atoms with van der Waals surface area (Å²) in [4.78, 5) is 0. The standard InChI is InChI=1S/C8H18N2O.C2H6/c1-7(11)8(10-2)5-3-4-6-9;1-2/h8,10-11H,1,3-6,9H2,2H3;1-2H3. The van der Waals surface area contributed by atoms with Crippen molar-refractivity contribution in [3.8, 4) is 0 Å². The molecule has 0 aromatic carbocycles. The third-order valence-electron chi connectivity index (χ3n) is 1.70. The van der Waals surface area contributed by atoms with Crippen molar-refractivity contribution in [3.63, 3.8) is 0 Å². The van der Waals surface area contributed by atoms with Crippen LogP contribution in [0, 0.1) is 0 Å². The molecule has 0 fully saturated rings. The Kier molecular flexibility index (Phi) is 13.2. The van der Waals surface area contributed by atoms with Crippen LogP contribution in [0.15, 0.2) is 12.3 Å². The second-order valence-corrected chi connectivity index (χ2v) is 2.62. The summed E-state index contributed by atoms with van der Waals surface area (Å²) in [5.41, 5.74) is 5.33. The molecule has 0 amide bonds. The Morgan fingerprint density at radius 1 is 1.46 bits per heavy atom. The smallest absolute Gasteiger partial charge is 0.102 e. The van der Waals surface area contributed by atoms with E-state index in [-0.39, 0.29) is 11.8 Å². The number of hydrogen-bond acceptors (Lipinski definition) is 3. The van der Waals surface area contributed by atoms with Crippen LogP contribution in [0.2, 0.25) is 0 Å². The van der Waals surface area contributed by atoms with Crippen molar-refractivity contribution in [3.05, 3.63) is 12.3 Å². The summed E-state index contributed by atoms with van der Waals surface area (Å²) in [5, 5.41) is 12.0. The van der Waals surface area contributed by atoms with Gasteiger partial charge >= 0.3 is 0 Å². The molecule has 0 radical (unpaired) electrons. The van der Waals surface area contributed by atoms with Gasteiger partial charge in [-0.25, -0.2) is 0 Å². The first-order valence-electron chi connectivity index (χ1n) is 4.97. The Morgan fingerprint density at radius 2 is 2.00 bits per heavy atom. The van der Waals surface area contributed by atoms with Gasteiger partial charge in [-0.2, -0.15) is 0 Å². The Bertz CT molecular complexity index is 115. The van der Waals surface area contributed by atoms with Gasteiger partial charge in [-0.1, -0.05) is 26.8 Å². The molecule has 3 heteroatoms. The van der Waals surface area contributed by atoms with E-state index in [1.165, 1.54) is 0 Å². The fourth-order valence-corrected chi connectivity index (χ4v) is 0.970. The fourth-order valence-electron chi connectivity index (χ4n) is 0.970. The maximum Gasteiger partial charge on any atom is 0.102 e. The topological polar surface area (TPSA) is 58.3 Å². The highest BCUT2D eigenvalue weighted by Gasteiger charge is 2.06. The van der Waals surface area contributed by atoms with Crippen LogP contribution < -0.4 is 11.1 Å². The number of nitrogens with two attached hydrogens (primary N) is 1. The number of rotatable bonds is 6. The van der Waals surface area contributed by atoms with E-state index in [4.69, 9.17) is 10.8 Å². The summed E-state index contributed by atoms with van der Waals surface area (Å²) in [5.74, 6) is 0.213. The van der Waals surface area contributed by atoms with Crippen LogP contribution in [0.5, 0.6) is 0 Å². The predicted molar refractivity (Wildman–Crippen MR) is 58.9 cm³/mol. The summed E-state index contributed by atoms with van der Waals surface area (Å²) in [6.07, 6.45) is 2.94. The van der Waals surface area contributed by atoms with Gasteiger partial charge in [0, 0.05) is 0 Å². The zero-order valence-corrected chi connectivity index (χ0v) is 9.14. The Morgan fingerprint density at radius 3 is 2.31 bits per heavy atom. The van der Waals surface area contributed by atoms with Crippen molar-refractivity contribution in [2.45, 2.75) is 39.2 Å². The van der Waals surface area contributed by atoms with Crippen LogP contribution in [0.25, 0.3) is 0 Å². The first kappa shape index (κ1) is 15.0. The lowest BCUT2D eigenvalue weighted by Crippen LogP contribution is -2.26. The molecule has 0 saturated carbocycles. The van der Waals surface area contributed by atoms with E-state index in [2.05, 4.69) is 11.9 Å². The predicted octanol–water partition coefficient (Wildman–Crippen LogP) is 1.80. The SMILES string of the molecule is C=C(O)C(CCCCN)NC.CC. The zero-order chi connectivity index (χ0) is 10.7. The number of likely N-dealkylation sites (N-methyl/N-ethyl adjacent to an activating group) is 1. The molecule has 0 aliphatic rings. The number of unbranched alkanes of at least 4 members (excludes halogenated alkanes) is 1. The third kappa shape index (κ3) is 9.37. The minimum absolute atomic E-state index is 0.0292. The minimum atomic E-state index is 0.0292. The molecule has 4 N–H and O–H groups in total. The highest BCUT2D eigenvalue weighted by Crippen LogP contribution is 2.04. The number of hydrogen-bond donors (Lipinski definition) is 3. The van der Waals surface area contributed by atoms with Crippen LogP contribution in [-0.4, -0.2) is 24.7 Å². The van der Waals surface area contributed by atoms with Crippen LogP contribution in [0.3, 0.4) is 0 Å². The third-order valence-corrected chi connectivity index (χ3v) is 1.70. The second kappa shape index (κ2) is 11.5. The molecule has 0 rings (SSSR count). The van der Waals surface area contributed by atoms with Crippen molar-refractivity contribution in [2.75, 3.05) is 13.6 Å². The van der Waals surface area contributed by atoms with E-state index < -0.39 is 0 Å². The van der Waals surface area contributed by atoms with E-state index in [0.29, 0.717) is 6.54 Å². The van der Waals surface area contributed by atoms with Crippen LogP contribution in [0.1, 0.15) is 33.1 Å². The van der Waals surface area contributed by atoms with Crippen molar-refractivity contribution < 1.29 is 5.11 Å². The number of aliphatic hydroxyl groups excluding tert-OH is 1. The van der Waals surface area contributed by atoms with Crippen LogP contribution in [0.4, 0.5) is 0 Å². The van der Waals surface area contributed by atoms with Gasteiger partial charge in [0.05, 0.1) is 6.04 Å². The Hall–Kier alpha value is -0.540. The lowest BCUT2D eigenvalue weighted by atomic mass is 10.1. The second-order valence-electron chi connectivity index (χ2n) is 2.62. The van der Waals surface area contributed by atoms with E-state index in [9.17, 15) is 0 Å². The first-order valence-corrected chi connectivity index (χ1v) is 4.97. The van der Waals surface area contributed by atoms with Gasteiger partial charge in [-0.05, 0) is 26.4 Å². The molecule has 0 heterocycles.